The van der Waals surface area contributed by atoms with Crippen molar-refractivity contribution in [3.05, 3.63) is 5.82 Å². The highest BCUT2D eigenvalue weighted by molar-refractivity contribution is 4.85. The number of H-pyrrole nitrogens is 1. The molecule has 1 aliphatic rings. The van der Waals surface area contributed by atoms with Crippen LogP contribution < -0.4 is 5.32 Å². The highest BCUT2D eigenvalue weighted by Gasteiger charge is 2.24. The average molecular weight is 167 g/mol. The number of aromatic nitrogens is 4. The topological polar surface area (TPSA) is 66.5 Å². The molecule has 0 atom stereocenters. The molecule has 1 saturated carbocycles. The minimum absolute atomic E-state index is 0.665. The molecule has 0 spiro atoms. The summed E-state index contributed by atoms with van der Waals surface area (Å²) in [5.74, 6) is 1.63. The lowest BCUT2D eigenvalue weighted by Crippen LogP contribution is -2.39. The van der Waals surface area contributed by atoms with Gasteiger partial charge in [-0.1, -0.05) is 12.1 Å². The summed E-state index contributed by atoms with van der Waals surface area (Å²) in [6.07, 6.45) is 2.55. The van der Waals surface area contributed by atoms with Crippen LogP contribution in [0.1, 0.15) is 25.6 Å². The molecule has 0 unspecified atom stereocenters. The van der Waals surface area contributed by atoms with E-state index in [0.29, 0.717) is 6.04 Å². The molecule has 5 nitrogen and oxygen atoms in total. The van der Waals surface area contributed by atoms with Gasteiger partial charge >= 0.3 is 0 Å². The maximum Gasteiger partial charge on any atom is 0.188 e. The molecule has 66 valence electrons. The summed E-state index contributed by atoms with van der Waals surface area (Å²) in [5, 5.41) is 17.0. The van der Waals surface area contributed by atoms with Gasteiger partial charge in [-0.2, -0.15) is 5.21 Å². The first-order valence-corrected chi connectivity index (χ1v) is 4.30. The van der Waals surface area contributed by atoms with Crippen LogP contribution in [0.25, 0.3) is 0 Å². The summed E-state index contributed by atoms with van der Waals surface area (Å²) in [6.45, 7) is 3.00. The first-order valence-electron chi connectivity index (χ1n) is 4.30. The van der Waals surface area contributed by atoms with Crippen molar-refractivity contribution in [2.24, 2.45) is 5.92 Å². The molecular weight excluding hydrogens is 154 g/mol. The van der Waals surface area contributed by atoms with Crippen LogP contribution in [0.15, 0.2) is 0 Å². The van der Waals surface area contributed by atoms with Crippen molar-refractivity contribution in [2.45, 2.75) is 32.4 Å². The number of nitrogens with zero attached hydrogens (tertiary/aromatic N) is 3. The fourth-order valence-corrected chi connectivity index (χ4v) is 1.56. The third-order valence-corrected chi connectivity index (χ3v) is 2.31. The average Bonchev–Trinajstić information content (AvgIpc) is 2.47. The third-order valence-electron chi connectivity index (χ3n) is 2.31. The highest BCUT2D eigenvalue weighted by Crippen LogP contribution is 2.26. The predicted molar refractivity (Wildman–Crippen MR) is 43.2 cm³/mol. The van der Waals surface area contributed by atoms with E-state index in [2.05, 4.69) is 32.9 Å². The summed E-state index contributed by atoms with van der Waals surface area (Å²) in [7, 11) is 0. The number of hydrogen-bond donors (Lipinski definition) is 2. The molecule has 0 radical (unpaired) electrons. The molecule has 1 aromatic heterocycles. The normalized spacial score (nSPS) is 28.4. The maximum atomic E-state index is 3.86. The van der Waals surface area contributed by atoms with Crippen LogP contribution in [0, 0.1) is 5.92 Å². The second kappa shape index (κ2) is 3.18. The number of aromatic amines is 1. The van der Waals surface area contributed by atoms with Gasteiger partial charge in [-0.05, 0) is 18.8 Å². The van der Waals surface area contributed by atoms with E-state index in [9.17, 15) is 0 Å². The maximum absolute atomic E-state index is 3.86. The van der Waals surface area contributed by atoms with Crippen LogP contribution in [0.3, 0.4) is 0 Å². The van der Waals surface area contributed by atoms with Gasteiger partial charge < -0.3 is 5.32 Å². The summed E-state index contributed by atoms with van der Waals surface area (Å²) < 4.78 is 0. The Bertz CT molecular complexity index is 226. The lowest BCUT2D eigenvalue weighted by Gasteiger charge is -2.33. The van der Waals surface area contributed by atoms with Gasteiger partial charge in [0, 0.05) is 6.04 Å². The van der Waals surface area contributed by atoms with Gasteiger partial charge in [0.2, 0.25) is 0 Å². The molecule has 1 heterocycles. The Morgan fingerprint density at radius 3 is 3.00 bits per heavy atom. The van der Waals surface area contributed by atoms with E-state index in [1.165, 1.54) is 12.8 Å². The zero-order chi connectivity index (χ0) is 8.39. The molecule has 1 aromatic rings. The second-order valence-corrected chi connectivity index (χ2v) is 3.48. The first kappa shape index (κ1) is 7.67. The lowest BCUT2D eigenvalue weighted by molar-refractivity contribution is 0.239. The minimum Gasteiger partial charge on any atom is -0.307 e. The lowest BCUT2D eigenvalue weighted by atomic mass is 9.82. The molecule has 2 N–H and O–H groups in total. The smallest absolute Gasteiger partial charge is 0.188 e. The van der Waals surface area contributed by atoms with Gasteiger partial charge in [0.25, 0.3) is 0 Å². The van der Waals surface area contributed by atoms with Crippen molar-refractivity contribution in [3.8, 4) is 0 Å². The van der Waals surface area contributed by atoms with E-state index in [-0.39, 0.29) is 0 Å². The first-order chi connectivity index (χ1) is 5.84. The number of tetrazole rings is 1. The molecule has 1 aliphatic carbocycles. The van der Waals surface area contributed by atoms with Crippen molar-refractivity contribution >= 4 is 0 Å². The third kappa shape index (κ3) is 1.61. The fourth-order valence-electron chi connectivity index (χ4n) is 1.56. The van der Waals surface area contributed by atoms with Crippen LogP contribution in [-0.4, -0.2) is 26.7 Å². The Hall–Kier alpha value is -0.970. The van der Waals surface area contributed by atoms with Gasteiger partial charge in [0.05, 0.1) is 6.54 Å². The molecule has 0 aliphatic heterocycles. The van der Waals surface area contributed by atoms with Crippen LogP contribution in [0.4, 0.5) is 0 Å². The zero-order valence-corrected chi connectivity index (χ0v) is 7.12. The second-order valence-electron chi connectivity index (χ2n) is 3.48. The molecule has 12 heavy (non-hydrogen) atoms. The highest BCUT2D eigenvalue weighted by atomic mass is 15.5. The molecule has 1 fully saturated rings. The molecule has 0 amide bonds. The van der Waals surface area contributed by atoms with Crippen LogP contribution in [0.2, 0.25) is 0 Å². The summed E-state index contributed by atoms with van der Waals surface area (Å²) in [6, 6.07) is 0.665. The quantitative estimate of drug-likeness (QED) is 0.669. The van der Waals surface area contributed by atoms with E-state index in [4.69, 9.17) is 0 Å². The van der Waals surface area contributed by atoms with Crippen LogP contribution in [-0.2, 0) is 6.54 Å². The number of hydrogen-bond acceptors (Lipinski definition) is 4. The van der Waals surface area contributed by atoms with Crippen molar-refractivity contribution in [1.82, 2.24) is 25.9 Å². The molecular formula is C7H13N5. The minimum atomic E-state index is 0.665. The largest absolute Gasteiger partial charge is 0.307 e. The van der Waals surface area contributed by atoms with Gasteiger partial charge in [-0.15, -0.1) is 10.2 Å². The molecule has 0 aromatic carbocycles. The Morgan fingerprint density at radius 2 is 2.42 bits per heavy atom. The molecule has 5 heteroatoms. The van der Waals surface area contributed by atoms with Gasteiger partial charge in [-0.3, -0.25) is 0 Å². The van der Waals surface area contributed by atoms with Crippen molar-refractivity contribution in [3.63, 3.8) is 0 Å². The monoisotopic (exact) mass is 167 g/mol. The molecule has 2 rings (SSSR count). The Balaban J connectivity index is 1.70. The molecule has 0 bridgehead atoms. The van der Waals surface area contributed by atoms with E-state index in [0.717, 1.165) is 18.3 Å². The van der Waals surface area contributed by atoms with Gasteiger partial charge in [0.15, 0.2) is 5.82 Å². The fraction of sp³-hybridized carbons (Fsp3) is 0.857. The SMILES string of the molecule is CC1CC(NCc2nn[nH]n2)C1. The van der Waals surface area contributed by atoms with Crippen LogP contribution >= 0.6 is 0 Å². The predicted octanol–water partition coefficient (Wildman–Crippen LogP) is 0.0878. The Kier molecular flexibility index (Phi) is 2.03. The van der Waals surface area contributed by atoms with Crippen molar-refractivity contribution in [1.29, 1.82) is 0 Å². The zero-order valence-electron chi connectivity index (χ0n) is 7.12. The summed E-state index contributed by atoms with van der Waals surface area (Å²) >= 11 is 0. The van der Waals surface area contributed by atoms with E-state index in [1.54, 1.807) is 0 Å². The van der Waals surface area contributed by atoms with E-state index in [1.807, 2.05) is 0 Å². The van der Waals surface area contributed by atoms with Crippen molar-refractivity contribution in [2.75, 3.05) is 0 Å². The summed E-state index contributed by atoms with van der Waals surface area (Å²) in [4.78, 5) is 0. The Morgan fingerprint density at radius 1 is 1.58 bits per heavy atom. The van der Waals surface area contributed by atoms with Crippen molar-refractivity contribution < 1.29 is 0 Å². The standard InChI is InChI=1S/C7H13N5/c1-5-2-6(3-5)8-4-7-9-11-12-10-7/h5-6,8H,2-4H2,1H3,(H,9,10,11,12). The Labute approximate surface area is 70.9 Å². The number of rotatable bonds is 3. The van der Waals surface area contributed by atoms with E-state index < -0.39 is 0 Å². The van der Waals surface area contributed by atoms with Gasteiger partial charge in [-0.25, -0.2) is 0 Å². The summed E-state index contributed by atoms with van der Waals surface area (Å²) in [5.41, 5.74) is 0. The van der Waals surface area contributed by atoms with E-state index >= 15 is 0 Å². The molecule has 0 saturated heterocycles. The van der Waals surface area contributed by atoms with Crippen LogP contribution in [0.5, 0.6) is 0 Å². The van der Waals surface area contributed by atoms with Gasteiger partial charge in [0.1, 0.15) is 0 Å². The number of nitrogens with one attached hydrogen (secondary N) is 2.